The minimum Gasteiger partial charge on any atom is -0.481 e. The number of pyridine rings is 1. The van der Waals surface area contributed by atoms with E-state index >= 15 is 0 Å². The van der Waals surface area contributed by atoms with Crippen LogP contribution in [0.1, 0.15) is 29.9 Å². The van der Waals surface area contributed by atoms with Crippen molar-refractivity contribution in [2.24, 2.45) is 5.41 Å². The minimum absolute atomic E-state index is 0.0565. The van der Waals surface area contributed by atoms with Gasteiger partial charge in [0.25, 0.3) is 5.91 Å². The van der Waals surface area contributed by atoms with E-state index in [2.05, 4.69) is 10.3 Å². The highest BCUT2D eigenvalue weighted by Gasteiger charge is 2.28. The lowest BCUT2D eigenvalue weighted by molar-refractivity contribution is -0.146. The number of carbonyl (C=O) groups is 2. The van der Waals surface area contributed by atoms with Gasteiger partial charge in [0.2, 0.25) is 0 Å². The zero-order valence-corrected chi connectivity index (χ0v) is 14.8. The van der Waals surface area contributed by atoms with Gasteiger partial charge in [-0.15, -0.1) is 0 Å². The molecule has 2 heterocycles. The number of fused-ring (bicyclic) bond motifs is 1. The van der Waals surface area contributed by atoms with Gasteiger partial charge >= 0.3 is 5.97 Å². The second kappa shape index (κ2) is 7.00. The second-order valence-corrected chi connectivity index (χ2v) is 6.88. The van der Waals surface area contributed by atoms with Gasteiger partial charge in [0.15, 0.2) is 0 Å². The van der Waals surface area contributed by atoms with Crippen LogP contribution in [0.3, 0.4) is 0 Å². The summed E-state index contributed by atoms with van der Waals surface area (Å²) in [5.74, 6) is -1.23. The summed E-state index contributed by atoms with van der Waals surface area (Å²) in [7, 11) is 0. The second-order valence-electron chi connectivity index (χ2n) is 6.88. The first kappa shape index (κ1) is 17.7. The number of para-hydroxylation sites is 1. The maximum atomic E-state index is 12.7. The molecule has 3 aromatic rings. The first-order chi connectivity index (χ1) is 12.4. The summed E-state index contributed by atoms with van der Waals surface area (Å²) in [4.78, 5) is 28.2. The molecule has 0 bridgehead atoms. The van der Waals surface area contributed by atoms with Crippen molar-refractivity contribution >= 4 is 22.8 Å². The molecule has 2 N–H and O–H groups in total. The maximum Gasteiger partial charge on any atom is 0.310 e. The van der Waals surface area contributed by atoms with Gasteiger partial charge in [-0.1, -0.05) is 24.3 Å². The highest BCUT2D eigenvalue weighted by Crippen LogP contribution is 2.23. The third kappa shape index (κ3) is 3.59. The van der Waals surface area contributed by atoms with E-state index in [1.165, 1.54) is 0 Å². The Balaban J connectivity index is 1.89. The van der Waals surface area contributed by atoms with Crippen molar-refractivity contribution in [1.82, 2.24) is 14.9 Å². The quantitative estimate of drug-likeness (QED) is 0.715. The molecule has 0 saturated heterocycles. The Morgan fingerprint density at radius 2 is 1.88 bits per heavy atom. The van der Waals surface area contributed by atoms with E-state index in [0.29, 0.717) is 12.1 Å². The van der Waals surface area contributed by atoms with Crippen LogP contribution in [-0.2, 0) is 11.3 Å². The van der Waals surface area contributed by atoms with E-state index in [1.807, 2.05) is 47.0 Å². The molecular weight excluding hydrogens is 330 g/mol. The Labute approximate surface area is 151 Å². The van der Waals surface area contributed by atoms with Crippen molar-refractivity contribution in [2.45, 2.75) is 20.4 Å². The third-order valence-electron chi connectivity index (χ3n) is 4.36. The summed E-state index contributed by atoms with van der Waals surface area (Å²) >= 11 is 0. The first-order valence-corrected chi connectivity index (χ1v) is 8.38. The predicted molar refractivity (Wildman–Crippen MR) is 99.0 cm³/mol. The van der Waals surface area contributed by atoms with Crippen molar-refractivity contribution < 1.29 is 14.7 Å². The Kier molecular flexibility index (Phi) is 4.75. The monoisotopic (exact) mass is 351 g/mol. The molecule has 0 aliphatic carbocycles. The number of aromatic nitrogens is 2. The molecule has 134 valence electrons. The van der Waals surface area contributed by atoms with E-state index in [9.17, 15) is 14.7 Å². The lowest BCUT2D eigenvalue weighted by Crippen LogP contribution is -2.38. The summed E-state index contributed by atoms with van der Waals surface area (Å²) in [6, 6.07) is 13.4. The van der Waals surface area contributed by atoms with Crippen molar-refractivity contribution in [3.63, 3.8) is 0 Å². The number of nitrogens with one attached hydrogen (secondary N) is 1. The Bertz CT molecular complexity index is 945. The van der Waals surface area contributed by atoms with Crippen LogP contribution in [0.25, 0.3) is 10.9 Å². The highest BCUT2D eigenvalue weighted by molar-refractivity contribution is 6.07. The first-order valence-electron chi connectivity index (χ1n) is 8.38. The van der Waals surface area contributed by atoms with E-state index < -0.39 is 11.4 Å². The normalized spacial score (nSPS) is 11.5. The minimum atomic E-state index is -1.03. The van der Waals surface area contributed by atoms with E-state index in [-0.39, 0.29) is 12.5 Å². The number of carbonyl (C=O) groups excluding carboxylic acids is 1. The number of amides is 1. The number of aliphatic carboxylic acids is 1. The van der Waals surface area contributed by atoms with Crippen LogP contribution in [0.4, 0.5) is 0 Å². The SMILES string of the molecule is CC(C)(CNC(=O)c1cn(Cc2ccccn2)c2ccccc12)C(=O)O. The van der Waals surface area contributed by atoms with Gasteiger partial charge in [0, 0.05) is 29.8 Å². The summed E-state index contributed by atoms with van der Waals surface area (Å²) in [5, 5.41) is 12.8. The standard InChI is InChI=1S/C20H21N3O3/c1-20(2,19(25)26)13-22-18(24)16-12-23(11-14-7-5-6-10-21-14)17-9-4-3-8-15(16)17/h3-10,12H,11,13H2,1-2H3,(H,22,24)(H,25,26). The molecule has 0 aliphatic heterocycles. The van der Waals surface area contributed by atoms with Gasteiger partial charge in [-0.05, 0) is 32.0 Å². The number of nitrogens with zero attached hydrogens (tertiary/aromatic N) is 2. The molecule has 26 heavy (non-hydrogen) atoms. The smallest absolute Gasteiger partial charge is 0.310 e. The molecule has 0 radical (unpaired) electrons. The number of carboxylic acids is 1. The highest BCUT2D eigenvalue weighted by atomic mass is 16.4. The Hall–Kier alpha value is -3.15. The fourth-order valence-corrected chi connectivity index (χ4v) is 2.70. The van der Waals surface area contributed by atoms with Crippen molar-refractivity contribution in [1.29, 1.82) is 0 Å². The number of benzene rings is 1. The van der Waals surface area contributed by atoms with Crippen molar-refractivity contribution in [3.8, 4) is 0 Å². The van der Waals surface area contributed by atoms with Gasteiger partial charge in [0.05, 0.1) is 23.2 Å². The van der Waals surface area contributed by atoms with Gasteiger partial charge in [-0.25, -0.2) is 0 Å². The van der Waals surface area contributed by atoms with Gasteiger partial charge < -0.3 is 15.0 Å². The largest absolute Gasteiger partial charge is 0.481 e. The summed E-state index contributed by atoms with van der Waals surface area (Å²) < 4.78 is 1.98. The molecule has 6 nitrogen and oxygen atoms in total. The summed E-state index contributed by atoms with van der Waals surface area (Å²) in [6.07, 6.45) is 3.53. The third-order valence-corrected chi connectivity index (χ3v) is 4.36. The topological polar surface area (TPSA) is 84.2 Å². The zero-order valence-electron chi connectivity index (χ0n) is 14.8. The van der Waals surface area contributed by atoms with Gasteiger partial charge in [-0.2, -0.15) is 0 Å². The molecule has 0 unspecified atom stereocenters. The van der Waals surface area contributed by atoms with E-state index in [1.54, 1.807) is 26.2 Å². The van der Waals surface area contributed by atoms with Crippen molar-refractivity contribution in [2.75, 3.05) is 6.54 Å². The zero-order chi connectivity index (χ0) is 18.7. The molecule has 0 fully saturated rings. The Morgan fingerprint density at radius 1 is 1.15 bits per heavy atom. The molecule has 1 amide bonds. The number of rotatable bonds is 6. The molecule has 6 heteroatoms. The number of carboxylic acid groups (broad SMARTS) is 1. The molecule has 0 saturated carbocycles. The lowest BCUT2D eigenvalue weighted by atomic mass is 9.94. The fraction of sp³-hybridized carbons (Fsp3) is 0.250. The van der Waals surface area contributed by atoms with Gasteiger partial charge in [-0.3, -0.25) is 14.6 Å². The van der Waals surface area contributed by atoms with Crippen LogP contribution in [0.5, 0.6) is 0 Å². The molecule has 0 aliphatic rings. The molecule has 3 rings (SSSR count). The van der Waals surface area contributed by atoms with E-state index in [4.69, 9.17) is 0 Å². The Morgan fingerprint density at radius 3 is 2.58 bits per heavy atom. The summed E-state index contributed by atoms with van der Waals surface area (Å²) in [5.41, 5.74) is 1.33. The molecule has 0 spiro atoms. The van der Waals surface area contributed by atoms with Crippen molar-refractivity contribution in [3.05, 3.63) is 66.1 Å². The molecule has 0 atom stereocenters. The van der Waals surface area contributed by atoms with E-state index in [0.717, 1.165) is 16.6 Å². The maximum absolute atomic E-state index is 12.7. The van der Waals surface area contributed by atoms with Crippen LogP contribution in [0.15, 0.2) is 54.9 Å². The van der Waals surface area contributed by atoms with Crippen LogP contribution < -0.4 is 5.32 Å². The molecular formula is C20H21N3O3. The number of hydrogen-bond acceptors (Lipinski definition) is 3. The fourth-order valence-electron chi connectivity index (χ4n) is 2.70. The number of hydrogen-bond donors (Lipinski definition) is 2. The average molecular weight is 351 g/mol. The van der Waals surface area contributed by atoms with Crippen LogP contribution >= 0.6 is 0 Å². The summed E-state index contributed by atoms with van der Waals surface area (Å²) in [6.45, 7) is 3.77. The van der Waals surface area contributed by atoms with Crippen LogP contribution in [0, 0.1) is 5.41 Å². The van der Waals surface area contributed by atoms with Crippen LogP contribution in [-0.4, -0.2) is 33.1 Å². The lowest BCUT2D eigenvalue weighted by Gasteiger charge is -2.19. The molecule has 2 aromatic heterocycles. The predicted octanol–water partition coefficient (Wildman–Crippen LogP) is 2.93. The molecule has 1 aromatic carbocycles. The van der Waals surface area contributed by atoms with Crippen LogP contribution in [0.2, 0.25) is 0 Å². The van der Waals surface area contributed by atoms with Gasteiger partial charge in [0.1, 0.15) is 0 Å². The average Bonchev–Trinajstić information content (AvgIpc) is 2.99.